The van der Waals surface area contributed by atoms with E-state index >= 15 is 0 Å². The molecule has 1 amide bonds. The standard InChI is InChI=1S/C18H14F6N2O2S/c19-17(20,21)11-5-12(18(22,23)24)7-13(6-11)26-16(27)10-1-2-15(25-8-10)28-14-3-4-29-9-14/h1-2,5-8,14H,3-4,9H2,(H,26,27). The fourth-order valence-electron chi connectivity index (χ4n) is 2.59. The van der Waals surface area contributed by atoms with Crippen LogP contribution in [0.5, 0.6) is 5.88 Å². The van der Waals surface area contributed by atoms with Crippen LogP contribution >= 0.6 is 11.8 Å². The first-order valence-electron chi connectivity index (χ1n) is 8.33. The first kappa shape index (κ1) is 21.3. The highest BCUT2D eigenvalue weighted by atomic mass is 32.2. The largest absolute Gasteiger partial charge is 0.473 e. The van der Waals surface area contributed by atoms with Crippen LogP contribution < -0.4 is 10.1 Å². The highest BCUT2D eigenvalue weighted by Crippen LogP contribution is 2.37. The molecule has 1 N–H and O–H groups in total. The molecule has 3 rings (SSSR count). The van der Waals surface area contributed by atoms with Gasteiger partial charge in [0, 0.05) is 23.7 Å². The Morgan fingerprint density at radius 3 is 2.21 bits per heavy atom. The van der Waals surface area contributed by atoms with Crippen molar-refractivity contribution >= 4 is 23.4 Å². The third kappa shape index (κ3) is 5.55. The minimum Gasteiger partial charge on any atom is -0.473 e. The second kappa shape index (κ2) is 8.13. The number of anilines is 1. The van der Waals surface area contributed by atoms with Gasteiger partial charge in [0.05, 0.1) is 16.7 Å². The summed E-state index contributed by atoms with van der Waals surface area (Å²) >= 11 is 1.74. The number of ether oxygens (including phenoxy) is 1. The van der Waals surface area contributed by atoms with Crippen LogP contribution in [0.4, 0.5) is 32.0 Å². The molecule has 0 bridgehead atoms. The summed E-state index contributed by atoms with van der Waals surface area (Å²) in [6.07, 6.45) is -7.98. The van der Waals surface area contributed by atoms with Crippen molar-refractivity contribution in [3.05, 3.63) is 53.2 Å². The number of benzene rings is 1. The number of thioether (sulfide) groups is 1. The summed E-state index contributed by atoms with van der Waals surface area (Å²) in [5.74, 6) is 1.18. The number of halogens is 6. The van der Waals surface area contributed by atoms with E-state index in [-0.39, 0.29) is 23.6 Å². The van der Waals surface area contributed by atoms with E-state index in [1.807, 2.05) is 0 Å². The van der Waals surface area contributed by atoms with Crippen LogP contribution in [0.15, 0.2) is 36.5 Å². The lowest BCUT2D eigenvalue weighted by molar-refractivity contribution is -0.143. The molecule has 2 heterocycles. The van der Waals surface area contributed by atoms with Crippen molar-refractivity contribution in [1.82, 2.24) is 4.98 Å². The molecule has 29 heavy (non-hydrogen) atoms. The van der Waals surface area contributed by atoms with Gasteiger partial charge in [0.2, 0.25) is 5.88 Å². The summed E-state index contributed by atoms with van der Waals surface area (Å²) in [6, 6.07) is 3.62. The number of hydrogen-bond donors (Lipinski definition) is 1. The third-order valence-electron chi connectivity index (χ3n) is 4.02. The van der Waals surface area contributed by atoms with E-state index in [2.05, 4.69) is 10.3 Å². The smallest absolute Gasteiger partial charge is 0.416 e. The van der Waals surface area contributed by atoms with Crippen LogP contribution in [0.3, 0.4) is 0 Å². The number of alkyl halides is 6. The zero-order valence-corrected chi connectivity index (χ0v) is 15.4. The van der Waals surface area contributed by atoms with Gasteiger partial charge in [0.25, 0.3) is 5.91 Å². The number of rotatable bonds is 4. The summed E-state index contributed by atoms with van der Waals surface area (Å²) < 4.78 is 83.0. The molecule has 1 aromatic carbocycles. The second-order valence-electron chi connectivity index (χ2n) is 6.24. The predicted octanol–water partition coefficient (Wildman–Crippen LogP) is 5.26. The molecule has 1 aliphatic rings. The lowest BCUT2D eigenvalue weighted by atomic mass is 10.1. The molecule has 0 radical (unpaired) electrons. The zero-order valence-electron chi connectivity index (χ0n) is 14.6. The Balaban J connectivity index is 1.77. The average molecular weight is 436 g/mol. The molecule has 0 spiro atoms. The van der Waals surface area contributed by atoms with Gasteiger partial charge in [-0.3, -0.25) is 4.79 Å². The number of aromatic nitrogens is 1. The maximum Gasteiger partial charge on any atom is 0.416 e. The molecular formula is C18H14F6N2O2S. The summed E-state index contributed by atoms with van der Waals surface area (Å²) in [4.78, 5) is 16.2. The van der Waals surface area contributed by atoms with E-state index in [9.17, 15) is 31.1 Å². The maximum atomic E-state index is 12.9. The van der Waals surface area contributed by atoms with Crippen LogP contribution in [0, 0.1) is 0 Å². The molecule has 1 aromatic heterocycles. The van der Waals surface area contributed by atoms with Crippen molar-refractivity contribution < 1.29 is 35.9 Å². The fourth-order valence-corrected chi connectivity index (χ4v) is 3.69. The first-order valence-corrected chi connectivity index (χ1v) is 9.49. The minimum absolute atomic E-state index is 0.00927. The summed E-state index contributed by atoms with van der Waals surface area (Å²) in [5.41, 5.74) is -3.69. The van der Waals surface area contributed by atoms with Crippen LogP contribution in [0.25, 0.3) is 0 Å². The van der Waals surface area contributed by atoms with E-state index in [1.54, 1.807) is 11.8 Å². The van der Waals surface area contributed by atoms with Gasteiger partial charge in [-0.05, 0) is 36.4 Å². The first-order chi connectivity index (χ1) is 13.5. The van der Waals surface area contributed by atoms with Crippen molar-refractivity contribution in [2.24, 2.45) is 0 Å². The van der Waals surface area contributed by atoms with Gasteiger partial charge in [-0.1, -0.05) is 0 Å². The summed E-state index contributed by atoms with van der Waals surface area (Å²) in [5, 5.41) is 2.05. The predicted molar refractivity (Wildman–Crippen MR) is 95.0 cm³/mol. The van der Waals surface area contributed by atoms with Gasteiger partial charge >= 0.3 is 12.4 Å². The normalized spacial score (nSPS) is 17.2. The molecule has 11 heteroatoms. The number of nitrogens with one attached hydrogen (secondary N) is 1. The van der Waals surface area contributed by atoms with E-state index in [0.29, 0.717) is 12.1 Å². The summed E-state index contributed by atoms with van der Waals surface area (Å²) in [7, 11) is 0. The number of nitrogens with zero attached hydrogens (tertiary/aromatic N) is 1. The van der Waals surface area contributed by atoms with Gasteiger partial charge in [-0.2, -0.15) is 38.1 Å². The van der Waals surface area contributed by atoms with Gasteiger partial charge in [0.1, 0.15) is 6.10 Å². The van der Waals surface area contributed by atoms with Crippen LogP contribution in [-0.2, 0) is 12.4 Å². The highest BCUT2D eigenvalue weighted by Gasteiger charge is 2.37. The average Bonchev–Trinajstić information content (AvgIpc) is 3.13. The van der Waals surface area contributed by atoms with Gasteiger partial charge < -0.3 is 10.1 Å². The Morgan fingerprint density at radius 1 is 1.07 bits per heavy atom. The Hall–Kier alpha value is -2.43. The SMILES string of the molecule is O=C(Nc1cc(C(F)(F)F)cc(C(F)(F)F)c1)c1ccc(OC2CCSC2)nc1. The molecule has 1 saturated heterocycles. The van der Waals surface area contributed by atoms with Crippen LogP contribution in [-0.4, -0.2) is 28.5 Å². The van der Waals surface area contributed by atoms with Crippen molar-refractivity contribution in [2.45, 2.75) is 24.9 Å². The molecule has 0 saturated carbocycles. The van der Waals surface area contributed by atoms with Crippen LogP contribution in [0.2, 0.25) is 0 Å². The molecule has 4 nitrogen and oxygen atoms in total. The van der Waals surface area contributed by atoms with Gasteiger partial charge in [-0.25, -0.2) is 4.98 Å². The molecular weight excluding hydrogens is 422 g/mol. The molecule has 1 unspecified atom stereocenters. The number of hydrogen-bond acceptors (Lipinski definition) is 4. The zero-order chi connectivity index (χ0) is 21.2. The van der Waals surface area contributed by atoms with E-state index in [4.69, 9.17) is 4.74 Å². The van der Waals surface area contributed by atoms with Gasteiger partial charge in [0.15, 0.2) is 0 Å². The molecule has 2 aromatic rings. The van der Waals surface area contributed by atoms with Gasteiger partial charge in [-0.15, -0.1) is 0 Å². The maximum absolute atomic E-state index is 12.9. The Labute approximate surface area is 165 Å². The minimum atomic E-state index is -5.00. The molecule has 1 aliphatic heterocycles. The molecule has 0 aliphatic carbocycles. The van der Waals surface area contributed by atoms with Crippen molar-refractivity contribution in [1.29, 1.82) is 0 Å². The van der Waals surface area contributed by atoms with Crippen LogP contribution in [0.1, 0.15) is 27.9 Å². The Bertz CT molecular complexity index is 845. The molecule has 156 valence electrons. The van der Waals surface area contributed by atoms with E-state index in [0.717, 1.165) is 24.1 Å². The number of carbonyl (C=O) groups is 1. The fraction of sp³-hybridized carbons (Fsp3) is 0.333. The second-order valence-corrected chi connectivity index (χ2v) is 7.39. The van der Waals surface area contributed by atoms with E-state index in [1.165, 1.54) is 12.1 Å². The van der Waals surface area contributed by atoms with E-state index < -0.39 is 35.1 Å². The lowest BCUT2D eigenvalue weighted by Crippen LogP contribution is -2.17. The highest BCUT2D eigenvalue weighted by molar-refractivity contribution is 7.99. The Morgan fingerprint density at radius 2 is 1.72 bits per heavy atom. The monoisotopic (exact) mass is 436 g/mol. The molecule has 1 atom stereocenters. The van der Waals surface area contributed by atoms with Crippen molar-refractivity contribution in [2.75, 3.05) is 16.8 Å². The number of pyridine rings is 1. The Kier molecular flexibility index (Phi) is 5.97. The summed E-state index contributed by atoms with van der Waals surface area (Å²) in [6.45, 7) is 0. The number of carbonyl (C=O) groups excluding carboxylic acids is 1. The molecule has 1 fully saturated rings. The lowest BCUT2D eigenvalue weighted by Gasteiger charge is -2.15. The third-order valence-corrected chi connectivity index (χ3v) is 5.15. The topological polar surface area (TPSA) is 51.2 Å². The number of amides is 1. The van der Waals surface area contributed by atoms with Crippen molar-refractivity contribution in [3.8, 4) is 5.88 Å². The quantitative estimate of drug-likeness (QED) is 0.665. The van der Waals surface area contributed by atoms with Crippen molar-refractivity contribution in [3.63, 3.8) is 0 Å².